The average molecular weight is 403 g/mol. The lowest BCUT2D eigenvalue weighted by atomic mass is 10.2. The lowest BCUT2D eigenvalue weighted by Crippen LogP contribution is -2.50. The van der Waals surface area contributed by atoms with Crippen molar-refractivity contribution in [3.05, 3.63) is 66.2 Å². The molecule has 0 bridgehead atoms. The van der Waals surface area contributed by atoms with Gasteiger partial charge < -0.3 is 4.90 Å². The van der Waals surface area contributed by atoms with Crippen LogP contribution in [0.15, 0.2) is 70.5 Å². The van der Waals surface area contributed by atoms with Crippen molar-refractivity contribution in [1.29, 1.82) is 0 Å². The molecule has 0 atom stereocenters. The standard InChI is InChI=1S/C20H22N2O3S2/c1-26-18-10-7-17(8-11-18)9-12-20(23)21-13-15-22(16-14-21)27(24,25)19-5-3-2-4-6-19/h2-12H,13-16H2,1H3/b12-9+. The summed E-state index contributed by atoms with van der Waals surface area (Å²) < 4.78 is 26.7. The van der Waals surface area contributed by atoms with E-state index in [1.54, 1.807) is 59.1 Å². The first-order valence-corrected chi connectivity index (χ1v) is 11.3. The van der Waals surface area contributed by atoms with Gasteiger partial charge in [0.05, 0.1) is 4.90 Å². The first-order valence-electron chi connectivity index (χ1n) is 8.67. The minimum atomic E-state index is -3.50. The van der Waals surface area contributed by atoms with E-state index < -0.39 is 10.0 Å². The Bertz CT molecular complexity index is 902. The summed E-state index contributed by atoms with van der Waals surface area (Å²) in [6, 6.07) is 16.4. The molecule has 1 aliphatic rings. The number of sulfonamides is 1. The fourth-order valence-corrected chi connectivity index (χ4v) is 4.73. The van der Waals surface area contributed by atoms with Crippen molar-refractivity contribution in [3.63, 3.8) is 0 Å². The van der Waals surface area contributed by atoms with Gasteiger partial charge in [0.25, 0.3) is 0 Å². The van der Waals surface area contributed by atoms with E-state index in [2.05, 4.69) is 0 Å². The van der Waals surface area contributed by atoms with E-state index >= 15 is 0 Å². The molecule has 1 saturated heterocycles. The molecule has 2 aromatic rings. The fraction of sp³-hybridized carbons (Fsp3) is 0.250. The molecule has 0 saturated carbocycles. The largest absolute Gasteiger partial charge is 0.337 e. The van der Waals surface area contributed by atoms with Crippen LogP contribution in [0, 0.1) is 0 Å². The van der Waals surface area contributed by atoms with Gasteiger partial charge in [0, 0.05) is 37.2 Å². The van der Waals surface area contributed by atoms with Crippen molar-refractivity contribution in [1.82, 2.24) is 9.21 Å². The zero-order chi connectivity index (χ0) is 19.3. The number of carbonyl (C=O) groups excluding carboxylic acids is 1. The number of nitrogens with zero attached hydrogens (tertiary/aromatic N) is 2. The maximum absolute atomic E-state index is 12.6. The third-order valence-electron chi connectivity index (χ3n) is 4.47. The van der Waals surface area contributed by atoms with Crippen LogP contribution in [0.1, 0.15) is 5.56 Å². The number of piperazine rings is 1. The van der Waals surface area contributed by atoms with Crippen molar-refractivity contribution < 1.29 is 13.2 Å². The molecule has 0 unspecified atom stereocenters. The average Bonchev–Trinajstić information content (AvgIpc) is 2.73. The molecule has 0 N–H and O–H groups in total. The first kappa shape index (κ1) is 19.7. The summed E-state index contributed by atoms with van der Waals surface area (Å²) in [6.07, 6.45) is 5.36. The third-order valence-corrected chi connectivity index (χ3v) is 7.12. The molecule has 5 nitrogen and oxygen atoms in total. The van der Waals surface area contributed by atoms with Gasteiger partial charge in [-0.25, -0.2) is 8.42 Å². The Kier molecular flexibility index (Phi) is 6.36. The Morgan fingerprint density at radius 2 is 1.59 bits per heavy atom. The summed E-state index contributed by atoms with van der Waals surface area (Å²) in [4.78, 5) is 15.5. The van der Waals surface area contributed by atoms with Crippen LogP contribution < -0.4 is 0 Å². The number of benzene rings is 2. The molecule has 1 heterocycles. The summed E-state index contributed by atoms with van der Waals surface area (Å²) >= 11 is 1.67. The number of carbonyl (C=O) groups is 1. The second kappa shape index (κ2) is 8.73. The van der Waals surface area contributed by atoms with Gasteiger partial charge in [-0.3, -0.25) is 4.79 Å². The van der Waals surface area contributed by atoms with Gasteiger partial charge in [-0.05, 0) is 42.2 Å². The van der Waals surface area contributed by atoms with Crippen LogP contribution in [-0.4, -0.2) is 56.0 Å². The predicted molar refractivity (Wildman–Crippen MR) is 109 cm³/mol. The Morgan fingerprint density at radius 3 is 2.19 bits per heavy atom. The van der Waals surface area contributed by atoms with E-state index in [9.17, 15) is 13.2 Å². The Labute approximate surface area is 164 Å². The number of hydrogen-bond acceptors (Lipinski definition) is 4. The molecule has 1 aliphatic heterocycles. The van der Waals surface area contributed by atoms with Crippen LogP contribution in [-0.2, 0) is 14.8 Å². The van der Waals surface area contributed by atoms with E-state index in [1.165, 1.54) is 9.20 Å². The Hall–Kier alpha value is -2.09. The summed E-state index contributed by atoms with van der Waals surface area (Å²) in [5.74, 6) is -0.0966. The molecule has 0 spiro atoms. The predicted octanol–water partition coefficient (Wildman–Crippen LogP) is 2.95. The Morgan fingerprint density at radius 1 is 0.963 bits per heavy atom. The molecule has 1 amide bonds. The first-order chi connectivity index (χ1) is 13.0. The molecule has 27 heavy (non-hydrogen) atoms. The summed E-state index contributed by atoms with van der Waals surface area (Å²) in [5.41, 5.74) is 0.964. The highest BCUT2D eigenvalue weighted by atomic mass is 32.2. The lowest BCUT2D eigenvalue weighted by Gasteiger charge is -2.33. The zero-order valence-corrected chi connectivity index (χ0v) is 16.7. The molecule has 0 aliphatic carbocycles. The van der Waals surface area contributed by atoms with Crippen molar-refractivity contribution in [2.45, 2.75) is 9.79 Å². The topological polar surface area (TPSA) is 57.7 Å². The molecular weight excluding hydrogens is 380 g/mol. The number of thioether (sulfide) groups is 1. The van der Waals surface area contributed by atoms with Crippen molar-refractivity contribution in [2.24, 2.45) is 0 Å². The van der Waals surface area contributed by atoms with Crippen LogP contribution in [0.2, 0.25) is 0 Å². The zero-order valence-electron chi connectivity index (χ0n) is 15.1. The molecule has 3 rings (SSSR count). The van der Waals surface area contributed by atoms with E-state index in [0.29, 0.717) is 31.1 Å². The van der Waals surface area contributed by atoms with E-state index in [-0.39, 0.29) is 5.91 Å². The quantitative estimate of drug-likeness (QED) is 0.570. The van der Waals surface area contributed by atoms with Gasteiger partial charge >= 0.3 is 0 Å². The molecule has 7 heteroatoms. The number of hydrogen-bond donors (Lipinski definition) is 0. The molecule has 1 fully saturated rings. The SMILES string of the molecule is CSc1ccc(/C=C/C(=O)N2CCN(S(=O)(=O)c3ccccc3)CC2)cc1. The molecule has 0 aromatic heterocycles. The molecule has 2 aromatic carbocycles. The highest BCUT2D eigenvalue weighted by Crippen LogP contribution is 2.18. The normalized spacial score (nSPS) is 16.0. The summed E-state index contributed by atoms with van der Waals surface area (Å²) in [7, 11) is -3.50. The highest BCUT2D eigenvalue weighted by Gasteiger charge is 2.29. The number of amides is 1. The smallest absolute Gasteiger partial charge is 0.246 e. The monoisotopic (exact) mass is 402 g/mol. The van der Waals surface area contributed by atoms with Gasteiger partial charge in [0.2, 0.25) is 15.9 Å². The number of rotatable bonds is 5. The second-order valence-corrected chi connectivity index (χ2v) is 8.97. The van der Waals surface area contributed by atoms with Crippen LogP contribution in [0.4, 0.5) is 0 Å². The minimum absolute atomic E-state index is 0.0966. The van der Waals surface area contributed by atoms with Crippen molar-refractivity contribution in [3.8, 4) is 0 Å². The van der Waals surface area contributed by atoms with Crippen molar-refractivity contribution >= 4 is 33.8 Å². The molecular formula is C20H22N2O3S2. The second-order valence-electron chi connectivity index (χ2n) is 6.15. The van der Waals surface area contributed by atoms with Crippen LogP contribution in [0.25, 0.3) is 6.08 Å². The maximum atomic E-state index is 12.6. The van der Waals surface area contributed by atoms with Gasteiger partial charge in [0.15, 0.2) is 0 Å². The fourth-order valence-electron chi connectivity index (χ4n) is 2.88. The lowest BCUT2D eigenvalue weighted by molar-refractivity contribution is -0.127. The van der Waals surface area contributed by atoms with Crippen LogP contribution in [0.5, 0.6) is 0 Å². The third kappa shape index (κ3) is 4.80. The highest BCUT2D eigenvalue weighted by molar-refractivity contribution is 7.98. The summed E-state index contributed by atoms with van der Waals surface area (Å²) in [5, 5.41) is 0. The van der Waals surface area contributed by atoms with E-state index in [0.717, 1.165) is 5.56 Å². The van der Waals surface area contributed by atoms with E-state index in [1.807, 2.05) is 30.5 Å². The van der Waals surface area contributed by atoms with E-state index in [4.69, 9.17) is 0 Å². The van der Waals surface area contributed by atoms with Crippen LogP contribution in [0.3, 0.4) is 0 Å². The van der Waals surface area contributed by atoms with Gasteiger partial charge in [-0.15, -0.1) is 11.8 Å². The van der Waals surface area contributed by atoms with Gasteiger partial charge in [-0.1, -0.05) is 30.3 Å². The van der Waals surface area contributed by atoms with Crippen LogP contribution >= 0.6 is 11.8 Å². The molecule has 142 valence electrons. The van der Waals surface area contributed by atoms with Gasteiger partial charge in [-0.2, -0.15) is 4.31 Å². The summed E-state index contributed by atoms with van der Waals surface area (Å²) in [6.45, 7) is 1.39. The maximum Gasteiger partial charge on any atom is 0.246 e. The minimum Gasteiger partial charge on any atom is -0.337 e. The van der Waals surface area contributed by atoms with Crippen molar-refractivity contribution in [2.75, 3.05) is 32.4 Å². The van der Waals surface area contributed by atoms with Gasteiger partial charge in [0.1, 0.15) is 0 Å². The Balaban J connectivity index is 1.58. The molecule has 0 radical (unpaired) electrons.